The zero-order chi connectivity index (χ0) is 99.6. The predicted octanol–water partition coefficient (Wildman–Crippen LogP) is 38.1. The first-order valence-corrected chi connectivity index (χ1v) is 51.0. The molecule has 706 valence electrons. The van der Waals surface area contributed by atoms with Crippen molar-refractivity contribution in [3.63, 3.8) is 0 Å². The highest BCUT2D eigenvalue weighted by Gasteiger charge is 2.25. The molecule has 0 radical (unpaired) electrons. The number of fused-ring (bicyclic) bond motifs is 12. The van der Waals surface area contributed by atoms with E-state index in [1.165, 1.54) is 93.0 Å². The summed E-state index contributed by atoms with van der Waals surface area (Å²) in [4.78, 5) is 22.8. The molecule has 0 amide bonds. The third kappa shape index (κ3) is 17.5. The second-order valence-corrected chi connectivity index (χ2v) is 37.8. The van der Waals surface area contributed by atoms with Crippen LogP contribution in [0.1, 0.15) is 0 Å². The normalized spacial score (nSPS) is 11.3. The van der Waals surface area contributed by atoms with Crippen molar-refractivity contribution < 1.29 is 0 Å². The molecule has 0 saturated carbocycles. The highest BCUT2D eigenvalue weighted by molar-refractivity contribution is 6.09. The Morgan fingerprint density at radius 2 is 0.347 bits per heavy atom. The van der Waals surface area contributed by atoms with Crippen LogP contribution in [0.2, 0.25) is 0 Å². The first kappa shape index (κ1) is 89.9. The molecule has 0 spiro atoms. The van der Waals surface area contributed by atoms with Crippen LogP contribution in [0.4, 0.5) is 51.2 Å². The van der Waals surface area contributed by atoms with Crippen LogP contribution < -0.4 is 14.7 Å². The zero-order valence-electron chi connectivity index (χ0n) is 82.0. The van der Waals surface area contributed by atoms with E-state index in [0.29, 0.717) is 0 Å². The molecule has 28 rings (SSSR count). The lowest BCUT2D eigenvalue weighted by atomic mass is 9.98. The lowest BCUT2D eigenvalue weighted by Crippen LogP contribution is -2.10. The minimum Gasteiger partial charge on any atom is -0.311 e. The molecule has 0 atom stereocenters. The molecule has 0 fully saturated rings. The Balaban J connectivity index is 0.000000114. The van der Waals surface area contributed by atoms with E-state index in [4.69, 9.17) is 15.0 Å². The standard InChI is InChI=1S/C51H35N3.2C45H31N3/c1-3-11-36(12-4-1)38-21-28-45(29-22-38)53(46-30-23-39(24-31-46)43-20-19-37-13-7-8-15-42(37)35-43)47-32-25-41(26-33-47)51-52-50-48-18-10-9-14-40(48)27-34-49(50)54(51)44-16-5-2-6-17-44;1-3-15-36(16-4-1)47(38-27-22-34(23-28-38)41-21-11-14-32-12-7-9-19-40(32)41)39-29-24-35(25-30-39)45-46-44-42-20-10-8-13-33(42)26-31-43(44)48(45)37-17-5-2-6-18-37;1-3-14-38(15-4-1)47(40-26-21-33(22-27-40)37-20-19-32-11-7-8-13-36(32)31-37)41-28-23-35(24-29-41)45-46-44-42-18-10-9-12-34(42)25-30-43(44)48(45)39-16-5-2-6-17-39/h1-35H;2*1-31H. The van der Waals surface area contributed by atoms with Gasteiger partial charge in [0.15, 0.2) is 0 Å². The Labute approximate surface area is 870 Å². The second kappa shape index (κ2) is 39.9. The third-order valence-electron chi connectivity index (χ3n) is 28.7. The summed E-state index contributed by atoms with van der Waals surface area (Å²) in [5, 5.41) is 14.5. The smallest absolute Gasteiger partial charge is 0.145 e. The molecule has 0 aliphatic carbocycles. The first-order valence-electron chi connectivity index (χ1n) is 51.0. The minimum atomic E-state index is 0.914. The lowest BCUT2D eigenvalue weighted by molar-refractivity contribution is 1.10. The number of benzene rings is 25. The van der Waals surface area contributed by atoms with Crippen molar-refractivity contribution in [2.75, 3.05) is 14.7 Å². The molecule has 0 aliphatic heterocycles. The molecule has 0 saturated heterocycles. The number of para-hydroxylation sites is 5. The number of rotatable bonds is 19. The van der Waals surface area contributed by atoms with Crippen LogP contribution in [0.5, 0.6) is 0 Å². The van der Waals surface area contributed by atoms with Gasteiger partial charge in [-0.25, -0.2) is 15.0 Å². The molecule has 9 nitrogen and oxygen atoms in total. The third-order valence-corrected chi connectivity index (χ3v) is 28.7. The summed E-state index contributed by atoms with van der Waals surface area (Å²) in [5.74, 6) is 2.76. The van der Waals surface area contributed by atoms with E-state index in [1.54, 1.807) is 0 Å². The lowest BCUT2D eigenvalue weighted by Gasteiger charge is -2.26. The van der Waals surface area contributed by atoms with Crippen LogP contribution in [-0.2, 0) is 0 Å². The van der Waals surface area contributed by atoms with Gasteiger partial charge in [-0.15, -0.1) is 0 Å². The summed E-state index contributed by atoms with van der Waals surface area (Å²) in [5.41, 5.74) is 32.2. The van der Waals surface area contributed by atoms with Crippen molar-refractivity contribution in [1.82, 2.24) is 28.7 Å². The van der Waals surface area contributed by atoms with Crippen molar-refractivity contribution in [2.24, 2.45) is 0 Å². The Morgan fingerprint density at radius 3 is 0.667 bits per heavy atom. The van der Waals surface area contributed by atoms with Gasteiger partial charge in [0.2, 0.25) is 0 Å². The van der Waals surface area contributed by atoms with Crippen LogP contribution in [0.25, 0.3) is 193 Å². The number of aromatic nitrogens is 6. The fourth-order valence-corrected chi connectivity index (χ4v) is 21.3. The van der Waals surface area contributed by atoms with E-state index in [2.05, 4.69) is 617 Å². The molecule has 28 aromatic rings. The topological polar surface area (TPSA) is 63.2 Å². The zero-order valence-corrected chi connectivity index (χ0v) is 82.0. The fourth-order valence-electron chi connectivity index (χ4n) is 21.3. The number of hydrogen-bond acceptors (Lipinski definition) is 6. The minimum absolute atomic E-state index is 0.914. The van der Waals surface area contributed by atoms with Crippen molar-refractivity contribution >= 4 is 149 Å². The molecule has 0 unspecified atom stereocenters. The molecule has 0 aliphatic rings. The summed E-state index contributed by atoms with van der Waals surface area (Å²) in [6.45, 7) is 0. The van der Waals surface area contributed by atoms with Gasteiger partial charge in [0.05, 0.1) is 33.1 Å². The van der Waals surface area contributed by atoms with Crippen LogP contribution >= 0.6 is 0 Å². The van der Waals surface area contributed by atoms with Crippen molar-refractivity contribution in [3.05, 3.63) is 588 Å². The average molecular weight is 1920 g/mol. The summed E-state index contributed by atoms with van der Waals surface area (Å²) in [7, 11) is 0. The molecule has 0 N–H and O–H groups in total. The number of hydrogen-bond donors (Lipinski definition) is 0. The van der Waals surface area contributed by atoms with Gasteiger partial charge in [0, 0.05) is 101 Å². The van der Waals surface area contributed by atoms with Crippen LogP contribution in [0.3, 0.4) is 0 Å². The average Bonchev–Trinajstić information content (AvgIpc) is 1.60. The maximum absolute atomic E-state index is 5.32. The van der Waals surface area contributed by atoms with Crippen molar-refractivity contribution in [1.29, 1.82) is 0 Å². The van der Waals surface area contributed by atoms with Crippen LogP contribution in [0, 0.1) is 0 Å². The summed E-state index contributed by atoms with van der Waals surface area (Å²) >= 11 is 0. The van der Waals surface area contributed by atoms with Crippen molar-refractivity contribution in [3.8, 4) is 95.7 Å². The number of anilines is 9. The van der Waals surface area contributed by atoms with Gasteiger partial charge >= 0.3 is 0 Å². The Hall–Kier alpha value is -20.1. The molecular formula is C141H97N9. The molecule has 0 bridgehead atoms. The van der Waals surface area contributed by atoms with E-state index < -0.39 is 0 Å². The van der Waals surface area contributed by atoms with Gasteiger partial charge in [-0.3, -0.25) is 13.7 Å². The van der Waals surface area contributed by atoms with Gasteiger partial charge < -0.3 is 14.7 Å². The summed E-state index contributed by atoms with van der Waals surface area (Å²) in [6, 6.07) is 209. The van der Waals surface area contributed by atoms with Crippen molar-refractivity contribution in [2.45, 2.75) is 0 Å². The maximum Gasteiger partial charge on any atom is 0.145 e. The van der Waals surface area contributed by atoms with Gasteiger partial charge in [0.25, 0.3) is 0 Å². The Bertz CT molecular complexity index is 9740. The quantitative estimate of drug-likeness (QED) is 0.0804. The fraction of sp³-hybridized carbons (Fsp3) is 0. The van der Waals surface area contributed by atoms with E-state index in [1.807, 2.05) is 0 Å². The Kier molecular flexibility index (Phi) is 23.9. The summed E-state index contributed by atoms with van der Waals surface area (Å²) < 4.78 is 6.83. The number of imidazole rings is 3. The van der Waals surface area contributed by atoms with Gasteiger partial charge in [-0.1, -0.05) is 376 Å². The number of nitrogens with zero attached hydrogens (tertiary/aromatic N) is 9. The summed E-state index contributed by atoms with van der Waals surface area (Å²) in [6.07, 6.45) is 0. The van der Waals surface area contributed by atoms with Gasteiger partial charge in [-0.2, -0.15) is 0 Å². The Morgan fingerprint density at radius 1 is 0.133 bits per heavy atom. The second-order valence-electron chi connectivity index (χ2n) is 37.8. The van der Waals surface area contributed by atoms with Crippen LogP contribution in [-0.4, -0.2) is 28.7 Å². The highest BCUT2D eigenvalue weighted by Crippen LogP contribution is 2.46. The van der Waals surface area contributed by atoms with Crippen LogP contribution in [0.15, 0.2) is 588 Å². The first-order chi connectivity index (χ1) is 74.4. The monoisotopic (exact) mass is 1920 g/mol. The van der Waals surface area contributed by atoms with E-state index >= 15 is 0 Å². The largest absolute Gasteiger partial charge is 0.311 e. The SMILES string of the molecule is c1ccc(-c2ccc(N(c3ccc(-c4ccc5ccccc5c4)cc3)c3ccc(-c4nc5c6ccccc6ccc5n4-c4ccccc4)cc3)cc2)cc1.c1ccc(N(c2ccc(-c3ccc4ccccc4c3)cc2)c2ccc(-c3nc4c5ccccc5ccc4n3-c3ccccc3)cc2)cc1.c1ccc(N(c2ccc(-c3cccc4ccccc34)cc2)c2ccc(-c3nc4c5ccccc5ccc4n3-c3ccccc3)cc2)cc1. The molecule has 3 heterocycles. The van der Waals surface area contributed by atoms with E-state index in [9.17, 15) is 0 Å². The predicted molar refractivity (Wildman–Crippen MR) is 630 cm³/mol. The van der Waals surface area contributed by atoms with E-state index in [-0.39, 0.29) is 0 Å². The van der Waals surface area contributed by atoms with E-state index in [0.717, 1.165) is 152 Å². The molecule has 150 heavy (non-hydrogen) atoms. The highest BCUT2D eigenvalue weighted by atomic mass is 15.2. The van der Waals surface area contributed by atoms with Gasteiger partial charge in [-0.05, 0) is 305 Å². The molecule has 9 heteroatoms. The maximum atomic E-state index is 5.32. The molecular weight excluding hydrogens is 1820 g/mol. The molecule has 25 aromatic carbocycles. The van der Waals surface area contributed by atoms with Gasteiger partial charge in [0.1, 0.15) is 17.5 Å². The molecule has 3 aromatic heterocycles.